The largest absolute Gasteiger partial charge is 0.439 e. The van der Waals surface area contributed by atoms with Gasteiger partial charge in [-0.25, -0.2) is 9.78 Å². The van der Waals surface area contributed by atoms with Crippen molar-refractivity contribution in [1.82, 2.24) is 14.5 Å². The van der Waals surface area contributed by atoms with Gasteiger partial charge in [0.05, 0.1) is 6.54 Å². The van der Waals surface area contributed by atoms with Crippen molar-refractivity contribution in [2.24, 2.45) is 0 Å². The third kappa shape index (κ3) is 3.39. The highest BCUT2D eigenvalue weighted by molar-refractivity contribution is 5.29. The van der Waals surface area contributed by atoms with Crippen LogP contribution in [0.5, 0.6) is 11.6 Å². The summed E-state index contributed by atoms with van der Waals surface area (Å²) in [5, 5.41) is 8.89. The molecule has 0 aliphatic carbocycles. The van der Waals surface area contributed by atoms with Crippen molar-refractivity contribution in [2.45, 2.75) is 6.54 Å². The molecular weight excluding hydrogens is 308 g/mol. The van der Waals surface area contributed by atoms with Crippen molar-refractivity contribution in [3.05, 3.63) is 86.8 Å². The number of hydrogen-bond acceptors (Lipinski definition) is 5. The van der Waals surface area contributed by atoms with Gasteiger partial charge in [0, 0.05) is 18.5 Å². The molecule has 0 saturated carbocycles. The zero-order chi connectivity index (χ0) is 16.9. The van der Waals surface area contributed by atoms with Crippen molar-refractivity contribution >= 4 is 0 Å². The maximum Gasteiger partial charge on any atom is 0.328 e. The summed E-state index contributed by atoms with van der Waals surface area (Å²) in [5.74, 6) is 1.03. The van der Waals surface area contributed by atoms with Crippen LogP contribution in [0.4, 0.5) is 0 Å². The van der Waals surface area contributed by atoms with E-state index in [1.54, 1.807) is 36.5 Å². The van der Waals surface area contributed by atoms with E-state index in [1.807, 2.05) is 18.2 Å². The maximum absolute atomic E-state index is 11.8. The molecule has 0 aliphatic heterocycles. The van der Waals surface area contributed by atoms with Crippen LogP contribution in [-0.4, -0.2) is 14.5 Å². The Labute approximate surface area is 136 Å². The molecule has 1 aromatic carbocycles. The minimum atomic E-state index is -0.693. The molecule has 7 heteroatoms. The molecule has 0 aliphatic rings. The fraction of sp³-hybridized carbons (Fsp3) is 0.0588. The lowest BCUT2D eigenvalue weighted by atomic mass is 10.2. The Morgan fingerprint density at radius 1 is 1.21 bits per heavy atom. The second-order valence-electron chi connectivity index (χ2n) is 4.96. The topological polar surface area (TPSA) is 101 Å². The van der Waals surface area contributed by atoms with Gasteiger partial charge in [0.25, 0.3) is 5.56 Å². The van der Waals surface area contributed by atoms with E-state index >= 15 is 0 Å². The van der Waals surface area contributed by atoms with Gasteiger partial charge in [-0.05, 0) is 23.8 Å². The van der Waals surface area contributed by atoms with Crippen LogP contribution in [0.15, 0.2) is 64.4 Å². The molecule has 3 rings (SSSR count). The number of nitrogens with zero attached hydrogens (tertiary/aromatic N) is 3. The normalized spacial score (nSPS) is 10.1. The average Bonchev–Trinajstić information content (AvgIpc) is 2.58. The molecule has 2 aromatic heterocycles. The highest BCUT2D eigenvalue weighted by Gasteiger charge is 2.06. The van der Waals surface area contributed by atoms with Crippen LogP contribution >= 0.6 is 0 Å². The summed E-state index contributed by atoms with van der Waals surface area (Å²) in [6, 6.07) is 14.4. The number of rotatable bonds is 4. The first kappa shape index (κ1) is 15.2. The zero-order valence-corrected chi connectivity index (χ0v) is 12.5. The predicted molar refractivity (Wildman–Crippen MR) is 85.9 cm³/mol. The zero-order valence-electron chi connectivity index (χ0n) is 12.5. The summed E-state index contributed by atoms with van der Waals surface area (Å²) in [4.78, 5) is 29.5. The number of aromatic nitrogens is 3. The van der Waals surface area contributed by atoms with Crippen LogP contribution in [-0.2, 0) is 6.54 Å². The first-order chi connectivity index (χ1) is 11.7. The molecule has 7 nitrogen and oxygen atoms in total. The van der Waals surface area contributed by atoms with Crippen LogP contribution in [0.3, 0.4) is 0 Å². The Balaban J connectivity index is 1.87. The van der Waals surface area contributed by atoms with Gasteiger partial charge in [-0.1, -0.05) is 18.2 Å². The second-order valence-corrected chi connectivity index (χ2v) is 4.96. The number of H-pyrrole nitrogens is 1. The monoisotopic (exact) mass is 320 g/mol. The Bertz CT molecular complexity index is 1020. The summed E-state index contributed by atoms with van der Waals surface area (Å²) < 4.78 is 6.89. The molecule has 3 aromatic rings. The molecule has 0 fully saturated rings. The van der Waals surface area contributed by atoms with Gasteiger partial charge in [0.15, 0.2) is 0 Å². The van der Waals surface area contributed by atoms with Crippen LogP contribution in [0, 0.1) is 11.3 Å². The minimum Gasteiger partial charge on any atom is -0.439 e. The van der Waals surface area contributed by atoms with E-state index in [4.69, 9.17) is 10.00 Å². The molecular formula is C17H12N4O3. The SMILES string of the molecule is N#Cc1cn(Cc2ccnc(Oc3ccccc3)c2)c(=O)[nH]c1=O. The van der Waals surface area contributed by atoms with E-state index in [0.717, 1.165) is 5.56 Å². The Morgan fingerprint density at radius 2 is 2.00 bits per heavy atom. The quantitative estimate of drug-likeness (QED) is 0.787. The van der Waals surface area contributed by atoms with Crippen LogP contribution in [0.2, 0.25) is 0 Å². The Hall–Kier alpha value is -3.66. The highest BCUT2D eigenvalue weighted by atomic mass is 16.5. The molecule has 0 bridgehead atoms. The third-order valence-electron chi connectivity index (χ3n) is 3.25. The van der Waals surface area contributed by atoms with Crippen LogP contribution < -0.4 is 16.0 Å². The number of nitriles is 1. The summed E-state index contributed by atoms with van der Waals surface area (Å²) in [7, 11) is 0. The van der Waals surface area contributed by atoms with Crippen molar-refractivity contribution in [1.29, 1.82) is 5.26 Å². The minimum absolute atomic E-state index is 0.121. The summed E-state index contributed by atoms with van der Waals surface area (Å²) in [6.07, 6.45) is 2.80. The summed E-state index contributed by atoms with van der Waals surface area (Å²) in [5.41, 5.74) is -0.652. The van der Waals surface area contributed by atoms with Crippen LogP contribution in [0.25, 0.3) is 0 Å². The molecule has 0 radical (unpaired) electrons. The third-order valence-corrected chi connectivity index (χ3v) is 3.25. The van der Waals surface area contributed by atoms with Gasteiger partial charge < -0.3 is 4.74 Å². The number of benzene rings is 1. The number of hydrogen-bond donors (Lipinski definition) is 1. The van der Waals surface area contributed by atoms with E-state index in [9.17, 15) is 9.59 Å². The predicted octanol–water partition coefficient (Wildman–Crippen LogP) is 1.64. The first-order valence-electron chi connectivity index (χ1n) is 7.07. The van der Waals surface area contributed by atoms with Gasteiger partial charge in [-0.15, -0.1) is 0 Å². The lowest BCUT2D eigenvalue weighted by Crippen LogP contribution is -2.31. The van der Waals surface area contributed by atoms with Gasteiger partial charge in [0.1, 0.15) is 17.4 Å². The molecule has 1 N–H and O–H groups in total. The molecule has 0 unspecified atom stereocenters. The maximum atomic E-state index is 11.8. The number of nitrogens with one attached hydrogen (secondary N) is 1. The van der Waals surface area contributed by atoms with Crippen LogP contribution in [0.1, 0.15) is 11.1 Å². The second kappa shape index (κ2) is 6.62. The number of para-hydroxylation sites is 1. The molecule has 0 atom stereocenters. The fourth-order valence-corrected chi connectivity index (χ4v) is 2.12. The van der Waals surface area contributed by atoms with E-state index in [2.05, 4.69) is 9.97 Å². The highest BCUT2D eigenvalue weighted by Crippen LogP contribution is 2.19. The number of aromatic amines is 1. The molecule has 2 heterocycles. The molecule has 24 heavy (non-hydrogen) atoms. The molecule has 0 amide bonds. The van der Waals surface area contributed by atoms with Gasteiger partial charge in [-0.3, -0.25) is 14.3 Å². The lowest BCUT2D eigenvalue weighted by molar-refractivity contribution is 0.462. The molecule has 0 spiro atoms. The summed E-state index contributed by atoms with van der Waals surface area (Å²) in [6.45, 7) is 0.179. The smallest absolute Gasteiger partial charge is 0.328 e. The van der Waals surface area contributed by atoms with E-state index < -0.39 is 11.2 Å². The van der Waals surface area contributed by atoms with Crippen molar-refractivity contribution < 1.29 is 4.74 Å². The number of pyridine rings is 1. The van der Waals surface area contributed by atoms with Gasteiger partial charge >= 0.3 is 5.69 Å². The number of ether oxygens (including phenoxy) is 1. The van der Waals surface area contributed by atoms with Crippen molar-refractivity contribution in [2.75, 3.05) is 0 Å². The average molecular weight is 320 g/mol. The van der Waals surface area contributed by atoms with E-state index in [1.165, 1.54) is 10.8 Å². The molecule has 0 saturated heterocycles. The molecule has 118 valence electrons. The first-order valence-corrected chi connectivity index (χ1v) is 7.07. The van der Waals surface area contributed by atoms with Gasteiger partial charge in [-0.2, -0.15) is 5.26 Å². The Kier molecular flexibility index (Phi) is 4.21. The van der Waals surface area contributed by atoms with Crippen molar-refractivity contribution in [3.8, 4) is 17.7 Å². The van der Waals surface area contributed by atoms with Gasteiger partial charge in [0.2, 0.25) is 5.88 Å². The van der Waals surface area contributed by atoms with Crippen molar-refractivity contribution in [3.63, 3.8) is 0 Å². The lowest BCUT2D eigenvalue weighted by Gasteiger charge is -2.08. The fourth-order valence-electron chi connectivity index (χ4n) is 2.12. The van der Waals surface area contributed by atoms with E-state index in [-0.39, 0.29) is 12.1 Å². The summed E-state index contributed by atoms with van der Waals surface area (Å²) >= 11 is 0. The standard InChI is InChI=1S/C17H12N4O3/c18-9-13-11-21(17(23)20-16(13)22)10-12-6-7-19-15(8-12)24-14-4-2-1-3-5-14/h1-8,11H,10H2,(H,20,22,23). The van der Waals surface area contributed by atoms with E-state index in [0.29, 0.717) is 11.6 Å². The Morgan fingerprint density at radius 3 is 2.75 bits per heavy atom.